The summed E-state index contributed by atoms with van der Waals surface area (Å²) < 4.78 is 13.8. The highest BCUT2D eigenvalue weighted by Crippen LogP contribution is 2.42. The van der Waals surface area contributed by atoms with Gasteiger partial charge in [-0.2, -0.15) is 0 Å². The lowest BCUT2D eigenvalue weighted by molar-refractivity contribution is -0.119. The molecule has 0 aromatic carbocycles. The van der Waals surface area contributed by atoms with Crippen molar-refractivity contribution >= 4 is 33.3 Å². The zero-order chi connectivity index (χ0) is 13.0. The maximum atomic E-state index is 13.6. The molecule has 0 bridgehead atoms. The summed E-state index contributed by atoms with van der Waals surface area (Å²) in [6, 6.07) is 1.49. The van der Waals surface area contributed by atoms with Crippen LogP contribution in [0.3, 0.4) is 0 Å². The number of carbonyl (C=O) groups is 1. The van der Waals surface area contributed by atoms with E-state index in [1.807, 2.05) is 11.8 Å². The van der Waals surface area contributed by atoms with Crippen LogP contribution in [0.1, 0.15) is 19.8 Å². The summed E-state index contributed by atoms with van der Waals surface area (Å²) in [6.07, 6.45) is 2.13. The second-order valence-corrected chi connectivity index (χ2v) is 5.57. The molecule has 0 saturated heterocycles. The molecule has 6 heteroatoms. The standard InChI is InChI=1S/C12H13BrFN3O/c1-6-12(18)16(2)9-5-8(14)10(13)15-11(9)17(6)7-3-4-7/h5-7H,3-4H2,1-2H3. The molecule has 4 nitrogen and oxygen atoms in total. The topological polar surface area (TPSA) is 36.4 Å². The summed E-state index contributed by atoms with van der Waals surface area (Å²) in [5.74, 6) is 0.233. The second kappa shape index (κ2) is 3.91. The quantitative estimate of drug-likeness (QED) is 0.747. The van der Waals surface area contributed by atoms with Gasteiger partial charge in [0.15, 0.2) is 11.6 Å². The van der Waals surface area contributed by atoms with Gasteiger partial charge < -0.3 is 9.80 Å². The van der Waals surface area contributed by atoms with Crippen molar-refractivity contribution in [3.63, 3.8) is 0 Å². The molecule has 2 aliphatic rings. The van der Waals surface area contributed by atoms with E-state index in [4.69, 9.17) is 0 Å². The van der Waals surface area contributed by atoms with Crippen LogP contribution in [0.5, 0.6) is 0 Å². The molecule has 1 aliphatic carbocycles. The molecule has 1 fully saturated rings. The number of nitrogens with zero attached hydrogens (tertiary/aromatic N) is 3. The van der Waals surface area contributed by atoms with Crippen molar-refractivity contribution in [1.29, 1.82) is 0 Å². The van der Waals surface area contributed by atoms with Gasteiger partial charge in [0.1, 0.15) is 10.6 Å². The van der Waals surface area contributed by atoms with Crippen LogP contribution in [-0.2, 0) is 4.79 Å². The minimum Gasteiger partial charge on any atom is -0.340 e. The van der Waals surface area contributed by atoms with E-state index >= 15 is 0 Å². The Morgan fingerprint density at radius 1 is 1.50 bits per heavy atom. The van der Waals surface area contributed by atoms with Crippen molar-refractivity contribution < 1.29 is 9.18 Å². The van der Waals surface area contributed by atoms with Crippen molar-refractivity contribution in [2.45, 2.75) is 31.8 Å². The Kier molecular flexibility index (Phi) is 2.59. The minimum atomic E-state index is -0.446. The third-order valence-corrected chi connectivity index (χ3v) is 4.10. The van der Waals surface area contributed by atoms with E-state index in [1.54, 1.807) is 7.05 Å². The number of rotatable bonds is 1. The van der Waals surface area contributed by atoms with Crippen molar-refractivity contribution in [3.05, 3.63) is 16.5 Å². The van der Waals surface area contributed by atoms with Crippen LogP contribution in [0.4, 0.5) is 15.9 Å². The summed E-state index contributed by atoms with van der Waals surface area (Å²) in [6.45, 7) is 1.87. The number of aromatic nitrogens is 1. The smallest absolute Gasteiger partial charge is 0.249 e. The van der Waals surface area contributed by atoms with E-state index in [0.717, 1.165) is 12.8 Å². The molecule has 0 N–H and O–H groups in total. The van der Waals surface area contributed by atoms with E-state index in [-0.39, 0.29) is 16.6 Å². The molecule has 1 amide bonds. The van der Waals surface area contributed by atoms with Gasteiger partial charge in [0.05, 0.1) is 5.69 Å². The van der Waals surface area contributed by atoms with Crippen LogP contribution < -0.4 is 9.80 Å². The Balaban J connectivity index is 2.17. The molecular formula is C12H13BrFN3O. The van der Waals surface area contributed by atoms with Crippen molar-refractivity contribution in [2.24, 2.45) is 0 Å². The third kappa shape index (κ3) is 1.62. The first-order valence-electron chi connectivity index (χ1n) is 5.92. The van der Waals surface area contributed by atoms with Gasteiger partial charge in [0.25, 0.3) is 0 Å². The van der Waals surface area contributed by atoms with E-state index in [0.29, 0.717) is 17.5 Å². The first-order valence-corrected chi connectivity index (χ1v) is 6.72. The minimum absolute atomic E-state index is 0.0158. The van der Waals surface area contributed by atoms with E-state index in [9.17, 15) is 9.18 Å². The Labute approximate surface area is 113 Å². The number of pyridine rings is 1. The number of halogens is 2. The van der Waals surface area contributed by atoms with Gasteiger partial charge in [-0.1, -0.05) is 0 Å². The summed E-state index contributed by atoms with van der Waals surface area (Å²) in [5, 5.41) is 0. The average molecular weight is 314 g/mol. The molecule has 1 aromatic heterocycles. The number of hydrogen-bond acceptors (Lipinski definition) is 3. The van der Waals surface area contributed by atoms with E-state index in [1.165, 1.54) is 11.0 Å². The van der Waals surface area contributed by atoms with Gasteiger partial charge in [-0.05, 0) is 35.7 Å². The van der Waals surface area contributed by atoms with Gasteiger partial charge in [-0.25, -0.2) is 9.37 Å². The lowest BCUT2D eigenvalue weighted by Crippen LogP contribution is -2.52. The normalized spacial score (nSPS) is 23.3. The van der Waals surface area contributed by atoms with Gasteiger partial charge in [-0.15, -0.1) is 0 Å². The van der Waals surface area contributed by atoms with Crippen LogP contribution >= 0.6 is 15.9 Å². The first kappa shape index (κ1) is 11.9. The summed E-state index contributed by atoms with van der Waals surface area (Å²) in [7, 11) is 1.66. The number of fused-ring (bicyclic) bond motifs is 1. The maximum Gasteiger partial charge on any atom is 0.249 e. The Morgan fingerprint density at radius 2 is 2.17 bits per heavy atom. The number of hydrogen-bond donors (Lipinski definition) is 0. The molecule has 0 spiro atoms. The van der Waals surface area contributed by atoms with Gasteiger partial charge in [-0.3, -0.25) is 4.79 Å². The third-order valence-electron chi connectivity index (χ3n) is 3.55. The fourth-order valence-electron chi connectivity index (χ4n) is 2.43. The number of carbonyl (C=O) groups excluding carboxylic acids is 1. The highest BCUT2D eigenvalue weighted by molar-refractivity contribution is 9.10. The molecule has 1 aromatic rings. The van der Waals surface area contributed by atoms with Gasteiger partial charge >= 0.3 is 0 Å². The van der Waals surface area contributed by atoms with E-state index in [2.05, 4.69) is 20.9 Å². The zero-order valence-electron chi connectivity index (χ0n) is 10.2. The fraction of sp³-hybridized carbons (Fsp3) is 0.500. The van der Waals surface area contributed by atoms with Crippen LogP contribution in [0, 0.1) is 5.82 Å². The fourth-order valence-corrected chi connectivity index (χ4v) is 2.71. The second-order valence-electron chi connectivity index (χ2n) is 4.82. The summed E-state index contributed by atoms with van der Waals surface area (Å²) >= 11 is 3.11. The number of amides is 1. The highest BCUT2D eigenvalue weighted by atomic mass is 79.9. The van der Waals surface area contributed by atoms with Crippen LogP contribution in [-0.4, -0.2) is 30.0 Å². The van der Waals surface area contributed by atoms with Crippen molar-refractivity contribution in [2.75, 3.05) is 16.8 Å². The van der Waals surface area contributed by atoms with Gasteiger partial charge in [0, 0.05) is 19.2 Å². The van der Waals surface area contributed by atoms with Crippen LogP contribution in [0.25, 0.3) is 0 Å². The number of anilines is 2. The molecule has 18 heavy (non-hydrogen) atoms. The lowest BCUT2D eigenvalue weighted by Gasteiger charge is -2.39. The zero-order valence-corrected chi connectivity index (χ0v) is 11.7. The molecular weight excluding hydrogens is 301 g/mol. The molecule has 1 unspecified atom stereocenters. The Morgan fingerprint density at radius 3 is 2.78 bits per heavy atom. The van der Waals surface area contributed by atoms with Gasteiger partial charge in [0.2, 0.25) is 5.91 Å². The molecule has 1 saturated carbocycles. The largest absolute Gasteiger partial charge is 0.340 e. The molecule has 0 radical (unpaired) electrons. The molecule has 1 atom stereocenters. The SMILES string of the molecule is CC1C(=O)N(C)c2cc(F)c(Br)nc2N1C1CC1. The van der Waals surface area contributed by atoms with Crippen LogP contribution in [0.2, 0.25) is 0 Å². The lowest BCUT2D eigenvalue weighted by atomic mass is 10.1. The summed E-state index contributed by atoms with van der Waals surface area (Å²) in [5.41, 5.74) is 0.547. The average Bonchev–Trinajstić information content (AvgIpc) is 3.14. The van der Waals surface area contributed by atoms with E-state index < -0.39 is 5.82 Å². The predicted molar refractivity (Wildman–Crippen MR) is 70.3 cm³/mol. The Bertz CT molecular complexity index is 532. The van der Waals surface area contributed by atoms with Crippen molar-refractivity contribution in [1.82, 2.24) is 4.98 Å². The number of likely N-dealkylation sites (N-methyl/N-ethyl adjacent to an activating group) is 1. The molecule has 1 aliphatic heterocycles. The first-order chi connectivity index (χ1) is 8.50. The monoisotopic (exact) mass is 313 g/mol. The predicted octanol–water partition coefficient (Wildman–Crippen LogP) is 2.32. The molecule has 3 rings (SSSR count). The Hall–Kier alpha value is -1.17. The molecule has 2 heterocycles. The highest BCUT2D eigenvalue weighted by Gasteiger charge is 2.42. The summed E-state index contributed by atoms with van der Waals surface area (Å²) in [4.78, 5) is 19.9. The van der Waals surface area contributed by atoms with Crippen molar-refractivity contribution in [3.8, 4) is 0 Å². The molecule has 96 valence electrons. The van der Waals surface area contributed by atoms with Crippen LogP contribution in [0.15, 0.2) is 10.7 Å². The maximum absolute atomic E-state index is 13.6.